The van der Waals surface area contributed by atoms with Crippen molar-refractivity contribution in [1.29, 1.82) is 0 Å². The Bertz CT molecular complexity index is 741. The second-order valence-corrected chi connectivity index (χ2v) is 9.80. The lowest BCUT2D eigenvalue weighted by atomic mass is 9.81. The van der Waals surface area contributed by atoms with E-state index in [0.29, 0.717) is 38.8 Å². The number of carbonyl (C=O) groups excluding carboxylic acids is 1. The Balaban J connectivity index is 1.53. The highest BCUT2D eigenvalue weighted by Crippen LogP contribution is 2.38. The molecular weight excluding hydrogens is 366 g/mol. The summed E-state index contributed by atoms with van der Waals surface area (Å²) in [5.41, 5.74) is -0.342. The van der Waals surface area contributed by atoms with Crippen molar-refractivity contribution in [3.63, 3.8) is 0 Å². The van der Waals surface area contributed by atoms with Crippen LogP contribution in [0.1, 0.15) is 45.4 Å². The molecule has 1 N–H and O–H groups in total. The molecule has 1 aromatic carbocycles. The average Bonchev–Trinajstić information content (AvgIpc) is 2.67. The number of amides is 1. The molecule has 0 saturated carbocycles. The number of nitrogens with zero attached hydrogens (tertiary/aromatic N) is 1. The number of aliphatic hydroxyl groups excluding tert-OH is 1. The van der Waals surface area contributed by atoms with Crippen LogP contribution in [0, 0.1) is 0 Å². The molecule has 0 unspecified atom stereocenters. The molecular formula is C20H29NO5S. The third-order valence-electron chi connectivity index (χ3n) is 5.73. The van der Waals surface area contributed by atoms with Crippen molar-refractivity contribution in [2.45, 2.75) is 68.2 Å². The lowest BCUT2D eigenvalue weighted by molar-refractivity contribution is -0.183. The molecule has 2 aliphatic rings. The fraction of sp³-hybridized carbons (Fsp3) is 0.650. The van der Waals surface area contributed by atoms with Crippen LogP contribution in [-0.4, -0.2) is 61.0 Å². The minimum atomic E-state index is -3.44. The summed E-state index contributed by atoms with van der Waals surface area (Å²) in [6.07, 6.45) is 3.28. The first-order valence-corrected chi connectivity index (χ1v) is 11.4. The van der Waals surface area contributed by atoms with Crippen LogP contribution in [-0.2, 0) is 19.4 Å². The predicted octanol–water partition coefficient (Wildman–Crippen LogP) is 2.16. The average molecular weight is 396 g/mol. The molecule has 0 bridgehead atoms. The Morgan fingerprint density at radius 1 is 1.26 bits per heavy atom. The number of aliphatic hydroxyl groups is 1. The maximum atomic E-state index is 12.5. The molecule has 2 fully saturated rings. The smallest absolute Gasteiger partial charge is 0.223 e. The van der Waals surface area contributed by atoms with E-state index in [-0.39, 0.29) is 40.8 Å². The molecule has 1 aromatic rings. The highest BCUT2D eigenvalue weighted by molar-refractivity contribution is 7.91. The minimum absolute atomic E-state index is 0.00864. The van der Waals surface area contributed by atoms with Crippen molar-refractivity contribution in [1.82, 2.24) is 4.90 Å². The van der Waals surface area contributed by atoms with Crippen LogP contribution in [0.5, 0.6) is 0 Å². The number of rotatable bonds is 5. The van der Waals surface area contributed by atoms with Gasteiger partial charge in [0, 0.05) is 25.9 Å². The summed E-state index contributed by atoms with van der Waals surface area (Å²) in [5, 5.41) is 10.2. The highest BCUT2D eigenvalue weighted by atomic mass is 32.2. The van der Waals surface area contributed by atoms with Crippen LogP contribution in [0.2, 0.25) is 0 Å². The normalized spacial score (nSPS) is 25.5. The van der Waals surface area contributed by atoms with Gasteiger partial charge in [-0.15, -0.1) is 0 Å². The van der Waals surface area contributed by atoms with Crippen LogP contribution >= 0.6 is 0 Å². The zero-order valence-electron chi connectivity index (χ0n) is 15.8. The van der Waals surface area contributed by atoms with Gasteiger partial charge in [0.05, 0.1) is 28.5 Å². The van der Waals surface area contributed by atoms with E-state index in [9.17, 15) is 18.3 Å². The topological polar surface area (TPSA) is 83.9 Å². The molecule has 6 nitrogen and oxygen atoms in total. The van der Waals surface area contributed by atoms with Gasteiger partial charge in [0.2, 0.25) is 5.91 Å². The van der Waals surface area contributed by atoms with E-state index in [1.807, 2.05) is 0 Å². The second kappa shape index (κ2) is 8.29. The largest absolute Gasteiger partial charge is 0.393 e. The second-order valence-electron chi connectivity index (χ2n) is 7.69. The van der Waals surface area contributed by atoms with Crippen LogP contribution in [0.25, 0.3) is 0 Å². The Morgan fingerprint density at radius 2 is 1.93 bits per heavy atom. The Morgan fingerprint density at radius 3 is 2.56 bits per heavy atom. The lowest BCUT2D eigenvalue weighted by Gasteiger charge is -2.47. The first-order chi connectivity index (χ1) is 12.8. The Kier molecular flexibility index (Phi) is 6.23. The van der Waals surface area contributed by atoms with Crippen LogP contribution in [0.15, 0.2) is 35.2 Å². The quantitative estimate of drug-likeness (QED) is 0.826. The standard InChI is InChI=1S/C20H29NO5S/c1-2-17-14-16(22)15-20(26-17)9-11-21(12-10-20)19(23)8-13-27(24,25)18-6-4-3-5-7-18/h3-7,16-17,22H,2,8-15H2,1H3/t16-,17+/m1/s1. The molecule has 0 radical (unpaired) electrons. The van der Waals surface area contributed by atoms with Crippen LogP contribution in [0.3, 0.4) is 0 Å². The summed E-state index contributed by atoms with van der Waals surface area (Å²) in [5.74, 6) is -0.308. The molecule has 7 heteroatoms. The van der Waals surface area contributed by atoms with Gasteiger partial charge in [0.25, 0.3) is 0 Å². The van der Waals surface area contributed by atoms with Gasteiger partial charge in [-0.3, -0.25) is 4.79 Å². The molecule has 2 heterocycles. The molecule has 2 aliphatic heterocycles. The summed E-state index contributed by atoms with van der Waals surface area (Å²) in [4.78, 5) is 14.5. The number of hydrogen-bond donors (Lipinski definition) is 1. The van der Waals surface area contributed by atoms with E-state index >= 15 is 0 Å². The van der Waals surface area contributed by atoms with Gasteiger partial charge in [-0.25, -0.2) is 8.42 Å². The molecule has 27 heavy (non-hydrogen) atoms. The zero-order valence-corrected chi connectivity index (χ0v) is 16.7. The third-order valence-corrected chi connectivity index (χ3v) is 7.46. The Labute approximate surface area is 161 Å². The van der Waals surface area contributed by atoms with Crippen molar-refractivity contribution in [3.05, 3.63) is 30.3 Å². The van der Waals surface area contributed by atoms with E-state index in [4.69, 9.17) is 4.74 Å². The Hall–Kier alpha value is -1.44. The zero-order chi connectivity index (χ0) is 19.5. The lowest BCUT2D eigenvalue weighted by Crippen LogP contribution is -2.53. The van der Waals surface area contributed by atoms with Crippen LogP contribution in [0.4, 0.5) is 0 Å². The van der Waals surface area contributed by atoms with E-state index in [2.05, 4.69) is 6.92 Å². The van der Waals surface area contributed by atoms with Crippen molar-refractivity contribution in [3.8, 4) is 0 Å². The molecule has 2 atom stereocenters. The monoisotopic (exact) mass is 395 g/mol. The number of benzene rings is 1. The van der Waals surface area contributed by atoms with E-state index in [0.717, 1.165) is 6.42 Å². The fourth-order valence-electron chi connectivity index (χ4n) is 4.13. The van der Waals surface area contributed by atoms with Crippen molar-refractivity contribution < 1.29 is 23.1 Å². The fourth-order valence-corrected chi connectivity index (χ4v) is 5.38. The first-order valence-electron chi connectivity index (χ1n) is 9.75. The van der Waals surface area contributed by atoms with E-state index < -0.39 is 9.84 Å². The van der Waals surface area contributed by atoms with Crippen molar-refractivity contribution in [2.24, 2.45) is 0 Å². The first kappa shape index (κ1) is 20.3. The molecule has 3 rings (SSSR count). The summed E-state index contributed by atoms with van der Waals surface area (Å²) in [6, 6.07) is 8.24. The maximum absolute atomic E-state index is 12.5. The summed E-state index contributed by atoms with van der Waals surface area (Å²) in [6.45, 7) is 3.16. The molecule has 2 saturated heterocycles. The van der Waals surface area contributed by atoms with Crippen molar-refractivity contribution >= 4 is 15.7 Å². The molecule has 150 valence electrons. The van der Waals surface area contributed by atoms with Gasteiger partial charge in [0.15, 0.2) is 9.84 Å². The van der Waals surface area contributed by atoms with Crippen molar-refractivity contribution in [2.75, 3.05) is 18.8 Å². The summed E-state index contributed by atoms with van der Waals surface area (Å²) >= 11 is 0. The van der Waals surface area contributed by atoms with Gasteiger partial charge >= 0.3 is 0 Å². The van der Waals surface area contributed by atoms with Gasteiger partial charge in [-0.2, -0.15) is 0 Å². The van der Waals surface area contributed by atoms with Gasteiger partial charge in [-0.1, -0.05) is 25.1 Å². The summed E-state index contributed by atoms with van der Waals surface area (Å²) < 4.78 is 30.9. The van der Waals surface area contributed by atoms with Gasteiger partial charge in [-0.05, 0) is 37.8 Å². The molecule has 0 aromatic heterocycles. The molecule has 1 spiro atoms. The minimum Gasteiger partial charge on any atom is -0.393 e. The number of likely N-dealkylation sites (tertiary alicyclic amines) is 1. The molecule has 0 aliphatic carbocycles. The van der Waals surface area contributed by atoms with Gasteiger partial charge in [0.1, 0.15) is 0 Å². The predicted molar refractivity (Wildman–Crippen MR) is 102 cm³/mol. The number of sulfone groups is 1. The third kappa shape index (κ3) is 4.89. The van der Waals surface area contributed by atoms with Gasteiger partial charge < -0.3 is 14.7 Å². The molecule has 1 amide bonds. The SMILES string of the molecule is CC[C@H]1C[C@@H](O)CC2(CCN(C(=O)CCS(=O)(=O)c3ccccc3)CC2)O1. The number of hydrogen-bond acceptors (Lipinski definition) is 5. The number of carbonyl (C=O) groups is 1. The highest BCUT2D eigenvalue weighted by Gasteiger charge is 2.43. The van der Waals surface area contributed by atoms with Crippen LogP contribution < -0.4 is 0 Å². The van der Waals surface area contributed by atoms with E-state index in [1.165, 1.54) is 0 Å². The maximum Gasteiger partial charge on any atom is 0.223 e. The van der Waals surface area contributed by atoms with E-state index in [1.54, 1.807) is 35.2 Å². The number of ether oxygens (including phenoxy) is 1. The number of piperidine rings is 1. The summed E-state index contributed by atoms with van der Waals surface area (Å²) in [7, 11) is -3.44.